The minimum atomic E-state index is -0.225. The van der Waals surface area contributed by atoms with Gasteiger partial charge in [-0.15, -0.1) is 0 Å². The van der Waals surface area contributed by atoms with Crippen molar-refractivity contribution in [2.24, 2.45) is 5.92 Å². The fourth-order valence-electron chi connectivity index (χ4n) is 2.82. The first-order valence-electron chi connectivity index (χ1n) is 7.37. The lowest BCUT2D eigenvalue weighted by atomic mass is 9.97. The summed E-state index contributed by atoms with van der Waals surface area (Å²) in [6, 6.07) is 4.68. The smallest absolute Gasteiger partial charge is 0.203 e. The SMILES string of the molecule is CCNCC1CCN(c2nc3ccc(F)cc3[nH]2)CC1. The summed E-state index contributed by atoms with van der Waals surface area (Å²) in [6.45, 7) is 6.31. The van der Waals surface area contributed by atoms with Gasteiger partial charge in [0.05, 0.1) is 11.0 Å². The number of fused-ring (bicyclic) bond motifs is 1. The quantitative estimate of drug-likeness (QED) is 0.902. The molecule has 4 nitrogen and oxygen atoms in total. The van der Waals surface area contributed by atoms with Crippen LogP contribution in [0.5, 0.6) is 0 Å². The van der Waals surface area contributed by atoms with E-state index in [9.17, 15) is 4.39 Å². The van der Waals surface area contributed by atoms with Gasteiger partial charge < -0.3 is 15.2 Å². The van der Waals surface area contributed by atoms with Crippen molar-refractivity contribution in [3.63, 3.8) is 0 Å². The lowest BCUT2D eigenvalue weighted by Gasteiger charge is -2.31. The highest BCUT2D eigenvalue weighted by Gasteiger charge is 2.21. The topological polar surface area (TPSA) is 44.0 Å². The molecule has 0 radical (unpaired) electrons. The van der Waals surface area contributed by atoms with Gasteiger partial charge in [-0.3, -0.25) is 0 Å². The highest BCUT2D eigenvalue weighted by atomic mass is 19.1. The zero-order valence-electron chi connectivity index (χ0n) is 11.8. The maximum atomic E-state index is 13.2. The minimum absolute atomic E-state index is 0.225. The van der Waals surface area contributed by atoms with Crippen LogP contribution in [0.3, 0.4) is 0 Å². The molecule has 1 saturated heterocycles. The van der Waals surface area contributed by atoms with Gasteiger partial charge in [0, 0.05) is 13.1 Å². The van der Waals surface area contributed by atoms with E-state index >= 15 is 0 Å². The van der Waals surface area contributed by atoms with E-state index in [1.807, 2.05) is 0 Å². The molecule has 0 saturated carbocycles. The second-order valence-corrected chi connectivity index (χ2v) is 5.46. The number of aromatic amines is 1. The number of anilines is 1. The fourth-order valence-corrected chi connectivity index (χ4v) is 2.82. The Hall–Kier alpha value is -1.62. The number of nitrogens with zero attached hydrogens (tertiary/aromatic N) is 2. The molecule has 2 heterocycles. The molecular weight excluding hydrogens is 255 g/mol. The van der Waals surface area contributed by atoms with E-state index in [2.05, 4.69) is 27.1 Å². The van der Waals surface area contributed by atoms with Crippen LogP contribution in [0.2, 0.25) is 0 Å². The van der Waals surface area contributed by atoms with Crippen molar-refractivity contribution in [3.05, 3.63) is 24.0 Å². The summed E-state index contributed by atoms with van der Waals surface area (Å²) in [5.41, 5.74) is 1.60. The molecule has 1 fully saturated rings. The van der Waals surface area contributed by atoms with Gasteiger partial charge in [-0.25, -0.2) is 9.37 Å². The molecular formula is C15H21FN4. The number of rotatable bonds is 4. The molecule has 108 valence electrons. The largest absolute Gasteiger partial charge is 0.342 e. The zero-order valence-corrected chi connectivity index (χ0v) is 11.8. The van der Waals surface area contributed by atoms with Crippen molar-refractivity contribution >= 4 is 17.0 Å². The Morgan fingerprint density at radius 3 is 2.95 bits per heavy atom. The Labute approximate surface area is 118 Å². The third-order valence-corrected chi connectivity index (χ3v) is 4.03. The predicted octanol–water partition coefficient (Wildman–Crippen LogP) is 2.53. The van der Waals surface area contributed by atoms with Gasteiger partial charge in [-0.05, 0) is 50.0 Å². The van der Waals surface area contributed by atoms with Crippen molar-refractivity contribution in [2.75, 3.05) is 31.1 Å². The molecule has 0 unspecified atom stereocenters. The standard InChI is InChI=1S/C15H21FN4/c1-2-17-10-11-5-7-20(8-6-11)15-18-13-4-3-12(16)9-14(13)19-15/h3-4,9,11,17H,2,5-8,10H2,1H3,(H,18,19). The number of hydrogen-bond donors (Lipinski definition) is 2. The molecule has 3 rings (SSSR count). The van der Waals surface area contributed by atoms with E-state index < -0.39 is 0 Å². The van der Waals surface area contributed by atoms with Crippen molar-refractivity contribution in [2.45, 2.75) is 19.8 Å². The molecule has 1 aliphatic rings. The van der Waals surface area contributed by atoms with Crippen LogP contribution in [0.25, 0.3) is 11.0 Å². The fraction of sp³-hybridized carbons (Fsp3) is 0.533. The number of halogens is 1. The minimum Gasteiger partial charge on any atom is -0.342 e. The second kappa shape index (κ2) is 5.79. The molecule has 0 amide bonds. The number of aromatic nitrogens is 2. The van der Waals surface area contributed by atoms with Gasteiger partial charge in [-0.2, -0.15) is 0 Å². The number of piperidine rings is 1. The van der Waals surface area contributed by atoms with Crippen LogP contribution in [0.4, 0.5) is 10.3 Å². The van der Waals surface area contributed by atoms with Crippen LogP contribution in [-0.2, 0) is 0 Å². The zero-order chi connectivity index (χ0) is 13.9. The maximum Gasteiger partial charge on any atom is 0.203 e. The van der Waals surface area contributed by atoms with E-state index in [1.165, 1.54) is 25.0 Å². The Balaban J connectivity index is 1.67. The summed E-state index contributed by atoms with van der Waals surface area (Å²) < 4.78 is 13.2. The molecule has 5 heteroatoms. The highest BCUT2D eigenvalue weighted by Crippen LogP contribution is 2.23. The number of H-pyrrole nitrogens is 1. The summed E-state index contributed by atoms with van der Waals surface area (Å²) >= 11 is 0. The molecule has 0 spiro atoms. The maximum absolute atomic E-state index is 13.2. The summed E-state index contributed by atoms with van der Waals surface area (Å²) in [5, 5.41) is 3.42. The molecule has 0 aliphatic carbocycles. The van der Waals surface area contributed by atoms with Gasteiger partial charge in [0.25, 0.3) is 0 Å². The first-order valence-corrected chi connectivity index (χ1v) is 7.37. The number of nitrogens with one attached hydrogen (secondary N) is 2. The Morgan fingerprint density at radius 2 is 2.20 bits per heavy atom. The van der Waals surface area contributed by atoms with Crippen LogP contribution in [0, 0.1) is 11.7 Å². The van der Waals surface area contributed by atoms with Crippen molar-refractivity contribution in [3.8, 4) is 0 Å². The monoisotopic (exact) mass is 276 g/mol. The normalized spacial score (nSPS) is 17.0. The van der Waals surface area contributed by atoms with E-state index in [-0.39, 0.29) is 5.82 Å². The summed E-state index contributed by atoms with van der Waals surface area (Å²) in [5.74, 6) is 1.40. The molecule has 1 aromatic heterocycles. The van der Waals surface area contributed by atoms with Crippen LogP contribution in [-0.4, -0.2) is 36.1 Å². The number of imidazole rings is 1. The lowest BCUT2D eigenvalue weighted by Crippen LogP contribution is -2.37. The molecule has 2 aromatic rings. The number of benzene rings is 1. The Kier molecular flexibility index (Phi) is 3.87. The third-order valence-electron chi connectivity index (χ3n) is 4.03. The van der Waals surface area contributed by atoms with Crippen LogP contribution < -0.4 is 10.2 Å². The van der Waals surface area contributed by atoms with Gasteiger partial charge in [-0.1, -0.05) is 6.92 Å². The van der Waals surface area contributed by atoms with E-state index in [4.69, 9.17) is 0 Å². The highest BCUT2D eigenvalue weighted by molar-refractivity contribution is 5.77. The first-order chi connectivity index (χ1) is 9.76. The summed E-state index contributed by atoms with van der Waals surface area (Å²) in [7, 11) is 0. The van der Waals surface area contributed by atoms with Crippen LogP contribution >= 0.6 is 0 Å². The Morgan fingerprint density at radius 1 is 1.40 bits per heavy atom. The molecule has 20 heavy (non-hydrogen) atoms. The molecule has 0 atom stereocenters. The number of hydrogen-bond acceptors (Lipinski definition) is 3. The first kappa shape index (κ1) is 13.4. The second-order valence-electron chi connectivity index (χ2n) is 5.46. The van der Waals surface area contributed by atoms with Gasteiger partial charge >= 0.3 is 0 Å². The van der Waals surface area contributed by atoms with Crippen LogP contribution in [0.15, 0.2) is 18.2 Å². The predicted molar refractivity (Wildman–Crippen MR) is 79.5 cm³/mol. The van der Waals surface area contributed by atoms with Gasteiger partial charge in [0.1, 0.15) is 5.82 Å². The van der Waals surface area contributed by atoms with E-state index in [0.29, 0.717) is 0 Å². The molecule has 2 N–H and O–H groups in total. The van der Waals surface area contributed by atoms with Crippen molar-refractivity contribution in [1.82, 2.24) is 15.3 Å². The van der Waals surface area contributed by atoms with E-state index in [1.54, 1.807) is 6.07 Å². The Bertz CT molecular complexity index is 572. The summed E-state index contributed by atoms with van der Waals surface area (Å²) in [4.78, 5) is 10.0. The van der Waals surface area contributed by atoms with Crippen molar-refractivity contribution in [1.29, 1.82) is 0 Å². The van der Waals surface area contributed by atoms with E-state index in [0.717, 1.165) is 49.1 Å². The van der Waals surface area contributed by atoms with Crippen molar-refractivity contribution < 1.29 is 4.39 Å². The molecule has 1 aliphatic heterocycles. The summed E-state index contributed by atoms with van der Waals surface area (Å²) in [6.07, 6.45) is 2.36. The lowest BCUT2D eigenvalue weighted by molar-refractivity contribution is 0.384. The third kappa shape index (κ3) is 2.77. The van der Waals surface area contributed by atoms with Crippen LogP contribution in [0.1, 0.15) is 19.8 Å². The molecule has 0 bridgehead atoms. The average Bonchev–Trinajstić information content (AvgIpc) is 2.88. The van der Waals surface area contributed by atoms with Gasteiger partial charge in [0.15, 0.2) is 0 Å². The molecule has 1 aromatic carbocycles. The van der Waals surface area contributed by atoms with Gasteiger partial charge in [0.2, 0.25) is 5.95 Å². The average molecular weight is 276 g/mol.